The zero-order chi connectivity index (χ0) is 32.7. The number of carbonyl (C=O) groups excluding carboxylic acids is 2. The van der Waals surface area contributed by atoms with E-state index in [1.165, 1.54) is 37.3 Å². The fraction of sp³-hybridized carbons (Fsp3) is 0.394. The summed E-state index contributed by atoms with van der Waals surface area (Å²) in [6, 6.07) is 15.1. The number of carbonyl (C=O) groups is 2. The van der Waals surface area contributed by atoms with Crippen LogP contribution in [0.15, 0.2) is 65.6 Å². The number of halogens is 2. The topological polar surface area (TPSA) is 105 Å². The normalized spacial score (nSPS) is 14.1. The van der Waals surface area contributed by atoms with E-state index in [4.69, 9.17) is 32.7 Å². The average Bonchev–Trinajstić information content (AvgIpc) is 3.53. The van der Waals surface area contributed by atoms with Crippen molar-refractivity contribution in [1.29, 1.82) is 0 Å². The lowest BCUT2D eigenvalue weighted by Crippen LogP contribution is -2.53. The molecule has 1 fully saturated rings. The van der Waals surface area contributed by atoms with E-state index in [-0.39, 0.29) is 41.2 Å². The number of anilines is 1. The van der Waals surface area contributed by atoms with E-state index >= 15 is 0 Å². The quantitative estimate of drug-likeness (QED) is 0.225. The summed E-state index contributed by atoms with van der Waals surface area (Å²) in [6.07, 6.45) is 4.07. The molecule has 0 radical (unpaired) electrons. The molecule has 3 aromatic carbocycles. The third kappa shape index (κ3) is 8.04. The monoisotopic (exact) mass is 675 g/mol. The van der Waals surface area contributed by atoms with Gasteiger partial charge in [0.05, 0.1) is 24.8 Å². The largest absolute Gasteiger partial charge is 0.493 e. The molecule has 242 valence electrons. The van der Waals surface area contributed by atoms with E-state index in [0.29, 0.717) is 21.4 Å². The van der Waals surface area contributed by atoms with Gasteiger partial charge in [-0.1, -0.05) is 66.7 Å². The van der Waals surface area contributed by atoms with Crippen molar-refractivity contribution >= 4 is 50.7 Å². The Morgan fingerprint density at radius 1 is 0.956 bits per heavy atom. The van der Waals surface area contributed by atoms with Gasteiger partial charge in [-0.25, -0.2) is 8.42 Å². The van der Waals surface area contributed by atoms with Gasteiger partial charge >= 0.3 is 0 Å². The molecule has 0 aromatic heterocycles. The maximum absolute atomic E-state index is 14.4. The lowest BCUT2D eigenvalue weighted by atomic mass is 10.1. The Balaban J connectivity index is 1.79. The molecule has 0 saturated heterocycles. The molecular formula is C33H39Cl2N3O6S. The highest BCUT2D eigenvalue weighted by Crippen LogP contribution is 2.34. The van der Waals surface area contributed by atoms with Crippen LogP contribution in [-0.4, -0.2) is 58.0 Å². The summed E-state index contributed by atoms with van der Waals surface area (Å²) in [5.41, 5.74) is 1.52. The maximum Gasteiger partial charge on any atom is 0.264 e. The number of nitrogens with one attached hydrogen (secondary N) is 1. The molecule has 9 nitrogen and oxygen atoms in total. The molecule has 1 saturated carbocycles. The smallest absolute Gasteiger partial charge is 0.264 e. The Bertz CT molecular complexity index is 1590. The van der Waals surface area contributed by atoms with Crippen molar-refractivity contribution in [3.05, 3.63) is 81.8 Å². The highest BCUT2D eigenvalue weighted by atomic mass is 35.5. The van der Waals surface area contributed by atoms with Crippen LogP contribution in [-0.2, 0) is 26.2 Å². The average molecular weight is 677 g/mol. The highest BCUT2D eigenvalue weighted by molar-refractivity contribution is 7.92. The molecule has 45 heavy (non-hydrogen) atoms. The van der Waals surface area contributed by atoms with Crippen molar-refractivity contribution in [2.75, 3.05) is 25.1 Å². The summed E-state index contributed by atoms with van der Waals surface area (Å²) < 4.78 is 40.2. The molecule has 12 heteroatoms. The lowest BCUT2D eigenvalue weighted by molar-refractivity contribution is -0.140. The van der Waals surface area contributed by atoms with Crippen LogP contribution < -0.4 is 19.1 Å². The number of hydrogen-bond acceptors (Lipinski definition) is 6. The standard InChI is InChI=1S/C33H39Cl2N3O6S/c1-5-29(33(40)36-23-9-6-7-10-23)37(20-26-27(34)11-8-12-28(26)35)32(39)21-38(24-15-18-30(43-3)31(19-24)44-4)45(41,42)25-16-13-22(2)14-17-25/h8,11-19,23,29H,5-7,9-10,20-21H2,1-4H3,(H,36,40). The van der Waals surface area contributed by atoms with Gasteiger partial charge in [-0.05, 0) is 62.6 Å². The molecule has 1 N–H and O–H groups in total. The molecule has 0 spiro atoms. The Labute approximate surface area is 275 Å². The van der Waals surface area contributed by atoms with Gasteiger partial charge in [-0.3, -0.25) is 13.9 Å². The van der Waals surface area contributed by atoms with Gasteiger partial charge in [0.15, 0.2) is 11.5 Å². The molecule has 3 aromatic rings. The summed E-state index contributed by atoms with van der Waals surface area (Å²) in [5, 5.41) is 3.75. The van der Waals surface area contributed by atoms with Crippen LogP contribution in [0.4, 0.5) is 5.69 Å². The van der Waals surface area contributed by atoms with Crippen molar-refractivity contribution in [3.63, 3.8) is 0 Å². The van der Waals surface area contributed by atoms with Gasteiger partial charge in [0, 0.05) is 34.3 Å². The van der Waals surface area contributed by atoms with Crippen LogP contribution >= 0.6 is 23.2 Å². The number of hydrogen-bond donors (Lipinski definition) is 1. The number of sulfonamides is 1. The number of nitrogens with zero attached hydrogens (tertiary/aromatic N) is 2. The van der Waals surface area contributed by atoms with E-state index < -0.39 is 28.5 Å². The fourth-order valence-electron chi connectivity index (χ4n) is 5.49. The first kappa shape index (κ1) is 34.4. The number of rotatable bonds is 13. The van der Waals surface area contributed by atoms with Gasteiger partial charge in [-0.2, -0.15) is 0 Å². The second kappa shape index (κ2) is 15.2. The first-order valence-corrected chi connectivity index (χ1v) is 17.0. The number of amides is 2. The van der Waals surface area contributed by atoms with Gasteiger partial charge in [0.25, 0.3) is 10.0 Å². The van der Waals surface area contributed by atoms with Crippen LogP contribution in [0.3, 0.4) is 0 Å². The molecule has 1 unspecified atom stereocenters. The maximum atomic E-state index is 14.4. The van der Waals surface area contributed by atoms with Gasteiger partial charge in [0.1, 0.15) is 12.6 Å². The van der Waals surface area contributed by atoms with Crippen LogP contribution in [0, 0.1) is 6.92 Å². The van der Waals surface area contributed by atoms with Gasteiger partial charge < -0.3 is 19.7 Å². The minimum atomic E-state index is -4.27. The summed E-state index contributed by atoms with van der Waals surface area (Å²) in [4.78, 5) is 29.4. The Kier molecular flexibility index (Phi) is 11.6. The van der Waals surface area contributed by atoms with Crippen molar-refractivity contribution in [2.45, 2.75) is 69.5 Å². The number of methoxy groups -OCH3 is 2. The summed E-state index contributed by atoms with van der Waals surface area (Å²) in [5.74, 6) is -0.233. The second-order valence-corrected chi connectivity index (χ2v) is 13.7. The van der Waals surface area contributed by atoms with Crippen molar-refractivity contribution in [1.82, 2.24) is 10.2 Å². The molecule has 0 heterocycles. The van der Waals surface area contributed by atoms with Crippen LogP contribution in [0.25, 0.3) is 0 Å². The van der Waals surface area contributed by atoms with Crippen LogP contribution in [0.5, 0.6) is 11.5 Å². The van der Waals surface area contributed by atoms with E-state index in [0.717, 1.165) is 35.6 Å². The lowest BCUT2D eigenvalue weighted by Gasteiger charge is -2.34. The predicted octanol–water partition coefficient (Wildman–Crippen LogP) is 6.38. The predicted molar refractivity (Wildman–Crippen MR) is 177 cm³/mol. The molecular weight excluding hydrogens is 637 g/mol. The van der Waals surface area contributed by atoms with Gasteiger partial charge in [0.2, 0.25) is 11.8 Å². The van der Waals surface area contributed by atoms with E-state index in [9.17, 15) is 18.0 Å². The first-order chi connectivity index (χ1) is 21.5. The Morgan fingerprint density at radius 2 is 1.58 bits per heavy atom. The van der Waals surface area contributed by atoms with Crippen molar-refractivity contribution < 1.29 is 27.5 Å². The highest BCUT2D eigenvalue weighted by Gasteiger charge is 2.35. The number of aryl methyl sites for hydroxylation is 1. The third-order valence-corrected chi connectivity index (χ3v) is 10.5. The van der Waals surface area contributed by atoms with Crippen molar-refractivity contribution in [3.8, 4) is 11.5 Å². The third-order valence-electron chi connectivity index (χ3n) is 8.02. The molecule has 2 amide bonds. The molecule has 1 aliphatic carbocycles. The molecule has 4 rings (SSSR count). The van der Waals surface area contributed by atoms with E-state index in [1.807, 2.05) is 13.8 Å². The number of ether oxygens (including phenoxy) is 2. The van der Waals surface area contributed by atoms with Crippen LogP contribution in [0.1, 0.15) is 50.2 Å². The van der Waals surface area contributed by atoms with Gasteiger partial charge in [-0.15, -0.1) is 0 Å². The fourth-order valence-corrected chi connectivity index (χ4v) is 7.41. The van der Waals surface area contributed by atoms with E-state index in [1.54, 1.807) is 42.5 Å². The molecule has 1 aliphatic rings. The molecule has 0 aliphatic heterocycles. The van der Waals surface area contributed by atoms with E-state index in [2.05, 4.69) is 5.32 Å². The minimum Gasteiger partial charge on any atom is -0.493 e. The SMILES string of the molecule is CCC(C(=O)NC1CCCC1)N(Cc1c(Cl)cccc1Cl)C(=O)CN(c1ccc(OC)c(OC)c1)S(=O)(=O)c1ccc(C)cc1. The zero-order valence-corrected chi connectivity index (χ0v) is 28.2. The first-order valence-electron chi connectivity index (χ1n) is 14.8. The number of benzene rings is 3. The second-order valence-electron chi connectivity index (χ2n) is 11.0. The molecule has 1 atom stereocenters. The van der Waals surface area contributed by atoms with Crippen molar-refractivity contribution in [2.24, 2.45) is 0 Å². The Morgan fingerprint density at radius 3 is 2.16 bits per heavy atom. The Hall–Kier alpha value is -3.47. The zero-order valence-electron chi connectivity index (χ0n) is 25.9. The summed E-state index contributed by atoms with van der Waals surface area (Å²) in [6.45, 7) is 2.95. The summed E-state index contributed by atoms with van der Waals surface area (Å²) in [7, 11) is -1.35. The van der Waals surface area contributed by atoms with Crippen LogP contribution in [0.2, 0.25) is 10.0 Å². The summed E-state index contributed by atoms with van der Waals surface area (Å²) >= 11 is 13.0. The minimum absolute atomic E-state index is 0.00222. The molecule has 0 bridgehead atoms.